The Labute approximate surface area is 167 Å². The number of hydrogen-bond donors (Lipinski definition) is 1. The van der Waals surface area contributed by atoms with Crippen molar-refractivity contribution >= 4 is 32.6 Å². The summed E-state index contributed by atoms with van der Waals surface area (Å²) in [5.74, 6) is 1.37. The molecule has 5 heteroatoms. The molecule has 3 aromatic carbocycles. The molecule has 4 nitrogen and oxygen atoms in total. The minimum atomic E-state index is 0.0156. The van der Waals surface area contributed by atoms with Crippen LogP contribution in [0.2, 0.25) is 0 Å². The predicted octanol–water partition coefficient (Wildman–Crippen LogP) is 4.52. The van der Waals surface area contributed by atoms with Gasteiger partial charge in [-0.1, -0.05) is 58.4 Å². The molecule has 0 heterocycles. The lowest BCUT2D eigenvalue weighted by Gasteiger charge is -2.12. The van der Waals surface area contributed by atoms with Crippen molar-refractivity contribution in [3.8, 4) is 11.5 Å². The van der Waals surface area contributed by atoms with Crippen molar-refractivity contribution in [3.05, 3.63) is 70.2 Å². The quantitative estimate of drug-likeness (QED) is 0.602. The third kappa shape index (κ3) is 4.80. The van der Waals surface area contributed by atoms with E-state index in [2.05, 4.69) is 45.5 Å². The molecule has 0 aliphatic carbocycles. The molecule has 0 aromatic heterocycles. The number of fused-ring (bicyclic) bond motifs is 1. The smallest absolute Gasteiger partial charge is 0.224 e. The molecule has 0 saturated carbocycles. The van der Waals surface area contributed by atoms with Crippen molar-refractivity contribution in [1.82, 2.24) is 5.32 Å². The van der Waals surface area contributed by atoms with Crippen LogP contribution in [0.25, 0.3) is 10.8 Å². The number of ether oxygens (including phenoxy) is 2. The maximum absolute atomic E-state index is 12.3. The van der Waals surface area contributed by atoms with Crippen molar-refractivity contribution in [2.24, 2.45) is 0 Å². The summed E-state index contributed by atoms with van der Waals surface area (Å²) in [5.41, 5.74) is 2.07. The number of carbonyl (C=O) groups excluding carboxylic acids is 1. The van der Waals surface area contributed by atoms with Crippen LogP contribution in [0.1, 0.15) is 11.1 Å². The van der Waals surface area contributed by atoms with Crippen LogP contribution in [0, 0.1) is 0 Å². The van der Waals surface area contributed by atoms with E-state index in [1.54, 1.807) is 14.2 Å². The van der Waals surface area contributed by atoms with E-state index in [4.69, 9.17) is 9.47 Å². The van der Waals surface area contributed by atoms with Gasteiger partial charge in [0, 0.05) is 11.0 Å². The third-order valence-electron chi connectivity index (χ3n) is 4.45. The van der Waals surface area contributed by atoms with Gasteiger partial charge in [0.15, 0.2) is 11.5 Å². The van der Waals surface area contributed by atoms with Gasteiger partial charge in [0.1, 0.15) is 0 Å². The monoisotopic (exact) mass is 427 g/mol. The van der Waals surface area contributed by atoms with E-state index in [0.29, 0.717) is 30.9 Å². The Morgan fingerprint density at radius 3 is 2.41 bits per heavy atom. The second-order valence-electron chi connectivity index (χ2n) is 6.26. The highest BCUT2D eigenvalue weighted by Crippen LogP contribution is 2.33. The first-order valence-corrected chi connectivity index (χ1v) is 9.55. The number of halogens is 1. The zero-order valence-corrected chi connectivity index (χ0v) is 17.0. The van der Waals surface area contributed by atoms with Gasteiger partial charge in [-0.2, -0.15) is 0 Å². The number of benzene rings is 3. The Bertz CT molecular complexity index is 955. The van der Waals surface area contributed by atoms with Crippen LogP contribution in [0.3, 0.4) is 0 Å². The molecule has 0 bridgehead atoms. The van der Waals surface area contributed by atoms with Gasteiger partial charge in [0.05, 0.1) is 20.6 Å². The molecule has 0 radical (unpaired) electrons. The minimum Gasteiger partial charge on any atom is -0.493 e. The summed E-state index contributed by atoms with van der Waals surface area (Å²) in [6.45, 7) is 0.556. The second kappa shape index (κ2) is 8.91. The lowest BCUT2D eigenvalue weighted by molar-refractivity contribution is -0.120. The molecule has 0 aliphatic heterocycles. The van der Waals surface area contributed by atoms with Gasteiger partial charge < -0.3 is 14.8 Å². The number of amides is 1. The fourth-order valence-electron chi connectivity index (χ4n) is 3.02. The number of nitrogens with one attached hydrogen (secondary N) is 1. The zero-order chi connectivity index (χ0) is 19.2. The van der Waals surface area contributed by atoms with Gasteiger partial charge in [-0.15, -0.1) is 0 Å². The molecular formula is C22H22BrNO3. The second-order valence-corrected chi connectivity index (χ2v) is 7.11. The molecule has 0 aliphatic rings. The maximum Gasteiger partial charge on any atom is 0.224 e. The van der Waals surface area contributed by atoms with Gasteiger partial charge in [0.2, 0.25) is 5.91 Å². The van der Waals surface area contributed by atoms with Crippen molar-refractivity contribution in [2.75, 3.05) is 20.8 Å². The summed E-state index contributed by atoms with van der Waals surface area (Å²) in [7, 11) is 3.22. The fraction of sp³-hybridized carbons (Fsp3) is 0.227. The molecule has 27 heavy (non-hydrogen) atoms. The lowest BCUT2D eigenvalue weighted by atomic mass is 10.0. The third-order valence-corrected chi connectivity index (χ3v) is 5.19. The van der Waals surface area contributed by atoms with Crippen LogP contribution in [-0.4, -0.2) is 26.7 Å². The first-order chi connectivity index (χ1) is 13.1. The number of methoxy groups -OCH3 is 2. The first kappa shape index (κ1) is 19.2. The summed E-state index contributed by atoms with van der Waals surface area (Å²) in [5, 5.41) is 5.32. The maximum atomic E-state index is 12.3. The molecule has 0 saturated heterocycles. The van der Waals surface area contributed by atoms with E-state index in [0.717, 1.165) is 21.0 Å². The van der Waals surface area contributed by atoms with E-state index in [-0.39, 0.29) is 5.91 Å². The van der Waals surface area contributed by atoms with Crippen LogP contribution >= 0.6 is 15.9 Å². The molecule has 0 fully saturated rings. The summed E-state index contributed by atoms with van der Waals surface area (Å²) in [4.78, 5) is 12.3. The van der Waals surface area contributed by atoms with E-state index >= 15 is 0 Å². The normalized spacial score (nSPS) is 10.6. The van der Waals surface area contributed by atoms with E-state index in [9.17, 15) is 4.79 Å². The Morgan fingerprint density at radius 1 is 0.963 bits per heavy atom. The fourth-order valence-corrected chi connectivity index (χ4v) is 3.54. The Morgan fingerprint density at radius 2 is 1.67 bits per heavy atom. The van der Waals surface area contributed by atoms with E-state index in [1.807, 2.05) is 30.3 Å². The summed E-state index contributed by atoms with van der Waals surface area (Å²) in [6, 6.07) is 18.1. The summed E-state index contributed by atoms with van der Waals surface area (Å²) >= 11 is 3.55. The Hall–Kier alpha value is -2.53. The molecule has 0 unspecified atom stereocenters. The van der Waals surface area contributed by atoms with E-state index in [1.165, 1.54) is 5.39 Å². The molecular weight excluding hydrogens is 406 g/mol. The summed E-state index contributed by atoms with van der Waals surface area (Å²) in [6.07, 6.45) is 1.07. The van der Waals surface area contributed by atoms with Gasteiger partial charge in [-0.3, -0.25) is 4.79 Å². The zero-order valence-electron chi connectivity index (χ0n) is 15.4. The van der Waals surface area contributed by atoms with Gasteiger partial charge >= 0.3 is 0 Å². The average Bonchev–Trinajstić information content (AvgIpc) is 2.68. The summed E-state index contributed by atoms with van der Waals surface area (Å²) < 4.78 is 11.6. The number of carbonyl (C=O) groups is 1. The average molecular weight is 428 g/mol. The van der Waals surface area contributed by atoms with Gasteiger partial charge in [-0.25, -0.2) is 0 Å². The largest absolute Gasteiger partial charge is 0.493 e. The van der Waals surface area contributed by atoms with Crippen molar-refractivity contribution < 1.29 is 14.3 Å². The van der Waals surface area contributed by atoms with Crippen LogP contribution in [0.15, 0.2) is 59.1 Å². The highest BCUT2D eigenvalue weighted by Gasteiger charge is 2.10. The van der Waals surface area contributed by atoms with E-state index < -0.39 is 0 Å². The van der Waals surface area contributed by atoms with Crippen molar-refractivity contribution in [3.63, 3.8) is 0 Å². The minimum absolute atomic E-state index is 0.0156. The molecule has 3 aromatic rings. The van der Waals surface area contributed by atoms with Crippen LogP contribution in [0.5, 0.6) is 11.5 Å². The van der Waals surface area contributed by atoms with Crippen LogP contribution < -0.4 is 14.8 Å². The molecule has 0 spiro atoms. The van der Waals surface area contributed by atoms with Crippen molar-refractivity contribution in [2.45, 2.75) is 12.8 Å². The van der Waals surface area contributed by atoms with Crippen molar-refractivity contribution in [1.29, 1.82) is 0 Å². The Kier molecular flexibility index (Phi) is 6.35. The van der Waals surface area contributed by atoms with Gasteiger partial charge in [-0.05, 0) is 40.5 Å². The van der Waals surface area contributed by atoms with Crippen LogP contribution in [0.4, 0.5) is 0 Å². The predicted molar refractivity (Wildman–Crippen MR) is 112 cm³/mol. The highest BCUT2D eigenvalue weighted by molar-refractivity contribution is 9.10. The molecule has 0 atom stereocenters. The first-order valence-electron chi connectivity index (χ1n) is 8.75. The molecule has 3 rings (SSSR count). The standard InChI is InChI=1S/C22H22BrNO3/c1-26-20-13-18(19(23)14-21(20)27-2)9-10-24-22(25)12-15-7-8-16-5-3-4-6-17(16)11-15/h3-8,11,13-14H,9-10,12H2,1-2H3,(H,24,25). The van der Waals surface area contributed by atoms with Crippen LogP contribution in [-0.2, 0) is 17.6 Å². The highest BCUT2D eigenvalue weighted by atomic mass is 79.9. The topological polar surface area (TPSA) is 47.6 Å². The molecule has 1 N–H and O–H groups in total. The lowest BCUT2D eigenvalue weighted by Crippen LogP contribution is -2.27. The number of hydrogen-bond acceptors (Lipinski definition) is 3. The Balaban J connectivity index is 1.57. The van der Waals surface area contributed by atoms with Gasteiger partial charge in [0.25, 0.3) is 0 Å². The molecule has 1 amide bonds. The SMILES string of the molecule is COc1cc(Br)c(CCNC(=O)Cc2ccc3ccccc3c2)cc1OC. The number of rotatable bonds is 7. The molecule has 140 valence electrons.